The van der Waals surface area contributed by atoms with Crippen LogP contribution >= 0.6 is 0 Å². The van der Waals surface area contributed by atoms with Crippen molar-refractivity contribution in [1.29, 1.82) is 0 Å². The molecular formula is C22H29NO5. The molecule has 1 N–H and O–H groups in total. The normalized spacial score (nSPS) is 31.5. The monoisotopic (exact) mass is 387 g/mol. The summed E-state index contributed by atoms with van der Waals surface area (Å²) in [5, 5.41) is 3.09. The van der Waals surface area contributed by atoms with Crippen molar-refractivity contribution in [2.45, 2.75) is 65.3 Å². The molecule has 1 aromatic heterocycles. The first-order valence-electron chi connectivity index (χ1n) is 10.3. The molecule has 1 aromatic rings. The van der Waals surface area contributed by atoms with Gasteiger partial charge in [-0.1, -0.05) is 0 Å². The average molecular weight is 387 g/mol. The predicted octanol–water partition coefficient (Wildman–Crippen LogP) is 3.13. The maximum atomic E-state index is 12.4. The van der Waals surface area contributed by atoms with E-state index in [9.17, 15) is 14.4 Å². The number of carbonyl (C=O) groups excluding carboxylic acids is 2. The fraction of sp³-hybridized carbons (Fsp3) is 0.682. The molecule has 1 amide bonds. The van der Waals surface area contributed by atoms with E-state index in [-0.39, 0.29) is 35.3 Å². The molecule has 4 saturated carbocycles. The molecule has 28 heavy (non-hydrogen) atoms. The van der Waals surface area contributed by atoms with Crippen LogP contribution in [0.25, 0.3) is 0 Å². The number of rotatable bonds is 5. The van der Waals surface area contributed by atoms with Gasteiger partial charge in [0.2, 0.25) is 0 Å². The Morgan fingerprint density at radius 3 is 2.29 bits per heavy atom. The first-order valence-corrected chi connectivity index (χ1v) is 10.3. The van der Waals surface area contributed by atoms with Crippen molar-refractivity contribution in [3.8, 4) is 0 Å². The number of hydrogen-bond acceptors (Lipinski definition) is 5. The third-order valence-corrected chi connectivity index (χ3v) is 7.25. The molecule has 1 unspecified atom stereocenters. The van der Waals surface area contributed by atoms with Crippen molar-refractivity contribution in [1.82, 2.24) is 5.32 Å². The van der Waals surface area contributed by atoms with Gasteiger partial charge >= 0.3 is 11.6 Å². The summed E-state index contributed by atoms with van der Waals surface area (Å²) in [7, 11) is 0. The minimum absolute atomic E-state index is 0.0883. The van der Waals surface area contributed by atoms with E-state index in [1.165, 1.54) is 44.6 Å². The summed E-state index contributed by atoms with van der Waals surface area (Å²) in [6.45, 7) is 4.97. The fourth-order valence-corrected chi connectivity index (χ4v) is 6.41. The van der Waals surface area contributed by atoms with Gasteiger partial charge in [-0.15, -0.1) is 0 Å². The summed E-state index contributed by atoms with van der Waals surface area (Å²) in [4.78, 5) is 36.1. The lowest BCUT2D eigenvalue weighted by Gasteiger charge is -2.59. The molecule has 1 heterocycles. The molecule has 1 atom stereocenters. The molecular weight excluding hydrogens is 358 g/mol. The molecule has 0 radical (unpaired) electrons. The topological polar surface area (TPSA) is 85.6 Å². The summed E-state index contributed by atoms with van der Waals surface area (Å²) < 4.78 is 10.2. The molecule has 4 aliphatic carbocycles. The molecule has 4 aliphatic rings. The number of ether oxygens (including phenoxy) is 1. The molecule has 0 aliphatic heterocycles. The van der Waals surface area contributed by atoms with Crippen molar-refractivity contribution in [3.05, 3.63) is 33.4 Å². The Morgan fingerprint density at radius 2 is 1.75 bits per heavy atom. The Hall–Kier alpha value is -2.11. The van der Waals surface area contributed by atoms with Gasteiger partial charge in [-0.2, -0.15) is 0 Å². The second-order valence-corrected chi connectivity index (χ2v) is 9.32. The minimum Gasteiger partial charge on any atom is -0.452 e. The summed E-state index contributed by atoms with van der Waals surface area (Å²) in [6.07, 6.45) is 7.72. The number of hydrogen-bond donors (Lipinski definition) is 1. The Labute approximate surface area is 165 Å². The van der Waals surface area contributed by atoms with Crippen LogP contribution in [0.15, 0.2) is 15.3 Å². The van der Waals surface area contributed by atoms with Crippen LogP contribution in [0.4, 0.5) is 0 Å². The SMILES string of the molecule is Cc1cc(=O)oc(C)c1C(=O)OCC(=O)NC(C)C12CC3CC(CC(C3)C1)C2. The van der Waals surface area contributed by atoms with E-state index in [0.717, 1.165) is 17.8 Å². The van der Waals surface area contributed by atoms with Crippen LogP contribution in [0.2, 0.25) is 0 Å². The van der Waals surface area contributed by atoms with E-state index in [1.807, 2.05) is 0 Å². The zero-order valence-electron chi connectivity index (χ0n) is 16.9. The lowest BCUT2D eigenvalue weighted by atomic mass is 9.48. The second-order valence-electron chi connectivity index (χ2n) is 9.32. The van der Waals surface area contributed by atoms with Gasteiger partial charge in [-0.3, -0.25) is 4.79 Å². The Bertz CT molecular complexity index is 793. The molecule has 0 spiro atoms. The fourth-order valence-electron chi connectivity index (χ4n) is 6.41. The highest BCUT2D eigenvalue weighted by atomic mass is 16.5. The maximum absolute atomic E-state index is 12.4. The average Bonchev–Trinajstić information content (AvgIpc) is 2.58. The van der Waals surface area contributed by atoms with Crippen LogP contribution in [-0.4, -0.2) is 24.5 Å². The number of nitrogens with one attached hydrogen (secondary N) is 1. The van der Waals surface area contributed by atoms with Gasteiger partial charge in [0.1, 0.15) is 11.3 Å². The quantitative estimate of drug-likeness (QED) is 0.785. The van der Waals surface area contributed by atoms with Crippen LogP contribution in [0, 0.1) is 37.0 Å². The number of aryl methyl sites for hydroxylation is 2. The van der Waals surface area contributed by atoms with Crippen molar-refractivity contribution in [3.63, 3.8) is 0 Å². The van der Waals surface area contributed by atoms with Crippen LogP contribution in [0.3, 0.4) is 0 Å². The zero-order chi connectivity index (χ0) is 20.1. The van der Waals surface area contributed by atoms with Gasteiger partial charge in [0.15, 0.2) is 6.61 Å². The summed E-state index contributed by atoms with van der Waals surface area (Å²) in [5.41, 5.74) is 0.404. The second kappa shape index (κ2) is 7.05. The first kappa shape index (κ1) is 19.2. The summed E-state index contributed by atoms with van der Waals surface area (Å²) >= 11 is 0. The number of esters is 1. The third kappa shape index (κ3) is 3.49. The van der Waals surface area contributed by atoms with Crippen molar-refractivity contribution in [2.75, 3.05) is 6.61 Å². The van der Waals surface area contributed by atoms with E-state index >= 15 is 0 Å². The standard InChI is InChI=1S/C22H29NO5/c1-12-4-19(25)28-13(2)20(12)21(26)27-11-18(24)23-14(3)22-8-15-5-16(9-22)7-17(6-15)10-22/h4,14-17H,5-11H2,1-3H3,(H,23,24). The smallest absolute Gasteiger partial charge is 0.342 e. The van der Waals surface area contributed by atoms with Crippen molar-refractivity contribution < 1.29 is 18.7 Å². The van der Waals surface area contributed by atoms with Gasteiger partial charge in [0, 0.05) is 12.1 Å². The van der Waals surface area contributed by atoms with Crippen LogP contribution in [0.1, 0.15) is 67.1 Å². The molecule has 152 valence electrons. The lowest BCUT2D eigenvalue weighted by Crippen LogP contribution is -2.56. The Balaban J connectivity index is 1.35. The van der Waals surface area contributed by atoms with Crippen LogP contribution < -0.4 is 10.9 Å². The molecule has 4 bridgehead atoms. The molecule has 5 rings (SSSR count). The molecule has 0 saturated heterocycles. The zero-order valence-corrected chi connectivity index (χ0v) is 16.9. The van der Waals surface area contributed by atoms with Crippen LogP contribution in [0.5, 0.6) is 0 Å². The highest BCUT2D eigenvalue weighted by Crippen LogP contribution is 2.61. The van der Waals surface area contributed by atoms with E-state index in [1.54, 1.807) is 13.8 Å². The molecule has 6 heteroatoms. The molecule has 6 nitrogen and oxygen atoms in total. The number of carbonyl (C=O) groups is 2. The van der Waals surface area contributed by atoms with Crippen LogP contribution in [-0.2, 0) is 9.53 Å². The predicted molar refractivity (Wildman–Crippen MR) is 103 cm³/mol. The van der Waals surface area contributed by atoms with Gasteiger partial charge in [0.25, 0.3) is 5.91 Å². The summed E-state index contributed by atoms with van der Waals surface area (Å²) in [6, 6.07) is 1.34. The van der Waals surface area contributed by atoms with E-state index in [2.05, 4.69) is 12.2 Å². The van der Waals surface area contributed by atoms with E-state index in [0.29, 0.717) is 5.56 Å². The first-order chi connectivity index (χ1) is 13.3. The highest BCUT2D eigenvalue weighted by Gasteiger charge is 2.53. The maximum Gasteiger partial charge on any atom is 0.342 e. The Morgan fingerprint density at radius 1 is 1.18 bits per heavy atom. The van der Waals surface area contributed by atoms with Crippen molar-refractivity contribution >= 4 is 11.9 Å². The van der Waals surface area contributed by atoms with E-state index in [4.69, 9.17) is 9.15 Å². The number of amides is 1. The third-order valence-electron chi connectivity index (χ3n) is 7.25. The minimum atomic E-state index is -0.642. The van der Waals surface area contributed by atoms with Gasteiger partial charge in [-0.25, -0.2) is 9.59 Å². The highest BCUT2D eigenvalue weighted by molar-refractivity contribution is 5.93. The molecule has 4 fully saturated rings. The van der Waals surface area contributed by atoms with Gasteiger partial charge < -0.3 is 14.5 Å². The largest absolute Gasteiger partial charge is 0.452 e. The van der Waals surface area contributed by atoms with Gasteiger partial charge in [-0.05, 0) is 88.0 Å². The molecule has 0 aromatic carbocycles. The lowest BCUT2D eigenvalue weighted by molar-refractivity contribution is -0.128. The summed E-state index contributed by atoms with van der Waals surface area (Å²) in [5.74, 6) is 1.75. The van der Waals surface area contributed by atoms with Gasteiger partial charge in [0.05, 0.1) is 0 Å². The van der Waals surface area contributed by atoms with Crippen molar-refractivity contribution in [2.24, 2.45) is 23.2 Å². The van der Waals surface area contributed by atoms with E-state index < -0.39 is 11.6 Å². The Kier molecular flexibility index (Phi) is 4.84.